The van der Waals surface area contributed by atoms with Gasteiger partial charge in [-0.3, -0.25) is 0 Å². The van der Waals surface area contributed by atoms with E-state index in [9.17, 15) is 0 Å². The van der Waals surface area contributed by atoms with Crippen molar-refractivity contribution in [2.45, 2.75) is 12.8 Å². The SMILES string of the molecule is CC1c2cccc3c2B(c2ccccc2N3C)c2ccc3c(c21)B1c2ccccc2N(C)c2cccc(c21)N3C. The van der Waals surface area contributed by atoms with Crippen LogP contribution in [0, 0.1) is 0 Å². The minimum Gasteiger partial charge on any atom is -0.345 e. The fourth-order valence-electron chi connectivity index (χ4n) is 8.50. The molecule has 5 aromatic carbocycles. The highest BCUT2D eigenvalue weighted by molar-refractivity contribution is 7.02. The maximum absolute atomic E-state index is 2.45. The lowest BCUT2D eigenvalue weighted by molar-refractivity contribution is 0.934. The summed E-state index contributed by atoms with van der Waals surface area (Å²) < 4.78 is 0. The van der Waals surface area contributed by atoms with E-state index < -0.39 is 0 Å². The highest BCUT2D eigenvalue weighted by atomic mass is 15.1. The Kier molecular flexibility index (Phi) is 4.28. The Bertz CT molecular complexity index is 1900. The number of fused-ring (bicyclic) bond motifs is 9. The van der Waals surface area contributed by atoms with Crippen molar-refractivity contribution in [3.05, 3.63) is 108 Å². The Hall–Kier alpha value is -4.37. The molecule has 190 valence electrons. The lowest BCUT2D eigenvalue weighted by Gasteiger charge is -2.46. The second kappa shape index (κ2) is 7.63. The maximum Gasteiger partial charge on any atom is 0.252 e. The largest absolute Gasteiger partial charge is 0.345 e. The molecule has 0 saturated carbocycles. The molecule has 0 aliphatic carbocycles. The van der Waals surface area contributed by atoms with E-state index in [0.717, 1.165) is 0 Å². The lowest BCUT2D eigenvalue weighted by atomic mass is 9.27. The third-order valence-electron chi connectivity index (χ3n) is 10.2. The zero-order valence-electron chi connectivity index (χ0n) is 23.3. The van der Waals surface area contributed by atoms with Crippen LogP contribution in [0.15, 0.2) is 97.1 Å². The van der Waals surface area contributed by atoms with E-state index in [1.54, 1.807) is 0 Å². The average molecular weight is 513 g/mol. The molecule has 5 heteroatoms. The smallest absolute Gasteiger partial charge is 0.252 e. The van der Waals surface area contributed by atoms with Gasteiger partial charge in [-0.15, -0.1) is 0 Å². The van der Waals surface area contributed by atoms with Crippen LogP contribution < -0.4 is 47.5 Å². The van der Waals surface area contributed by atoms with E-state index in [1.165, 1.54) is 78.0 Å². The van der Waals surface area contributed by atoms with Crippen LogP contribution in [-0.2, 0) is 0 Å². The molecule has 4 aliphatic heterocycles. The summed E-state index contributed by atoms with van der Waals surface area (Å²) in [6, 6.07) is 36.7. The molecule has 0 radical (unpaired) electrons. The third kappa shape index (κ3) is 2.54. The molecule has 3 nitrogen and oxygen atoms in total. The van der Waals surface area contributed by atoms with Gasteiger partial charge >= 0.3 is 0 Å². The van der Waals surface area contributed by atoms with Gasteiger partial charge in [-0.25, -0.2) is 0 Å². The van der Waals surface area contributed by atoms with Crippen molar-refractivity contribution in [3.8, 4) is 0 Å². The molecule has 0 amide bonds. The van der Waals surface area contributed by atoms with Crippen molar-refractivity contribution in [3.63, 3.8) is 0 Å². The summed E-state index contributed by atoms with van der Waals surface area (Å²) in [5, 5.41) is 0. The van der Waals surface area contributed by atoms with Crippen LogP contribution in [0.1, 0.15) is 24.0 Å². The molecular weight excluding hydrogens is 484 g/mol. The Morgan fingerprint density at radius 1 is 0.450 bits per heavy atom. The summed E-state index contributed by atoms with van der Waals surface area (Å²) >= 11 is 0. The van der Waals surface area contributed by atoms with Crippen molar-refractivity contribution in [1.29, 1.82) is 0 Å². The first-order valence-corrected chi connectivity index (χ1v) is 14.4. The standard InChI is InChI=1S/C35H29B2N3/c1-21-22-11-9-16-28-33(22)36(23-12-5-7-14-26(23)38(28)2)25-19-20-31-35(32(21)25)37-24-13-6-8-15-27(24)39(3)29-17-10-18-30(34(29)37)40(31)4/h5-21H,1-4H3. The maximum atomic E-state index is 2.45. The zero-order chi connectivity index (χ0) is 26.9. The fourth-order valence-corrected chi connectivity index (χ4v) is 8.50. The number of rotatable bonds is 0. The molecule has 0 aromatic heterocycles. The summed E-state index contributed by atoms with van der Waals surface area (Å²) in [7, 11) is 6.69. The zero-order valence-corrected chi connectivity index (χ0v) is 23.3. The van der Waals surface area contributed by atoms with Crippen LogP contribution in [0.3, 0.4) is 0 Å². The minimum absolute atomic E-state index is 0.202. The van der Waals surface area contributed by atoms with E-state index in [0.29, 0.717) is 5.92 Å². The number of nitrogens with zero attached hydrogens (tertiary/aromatic N) is 3. The molecule has 0 saturated heterocycles. The first-order valence-electron chi connectivity index (χ1n) is 14.4. The predicted molar refractivity (Wildman–Crippen MR) is 173 cm³/mol. The first-order chi connectivity index (χ1) is 19.6. The molecule has 4 heterocycles. The van der Waals surface area contributed by atoms with E-state index in [1.807, 2.05) is 0 Å². The quantitative estimate of drug-likeness (QED) is 0.294. The lowest BCUT2D eigenvalue weighted by Crippen LogP contribution is -2.67. The molecule has 9 rings (SSSR count). The molecule has 5 aromatic rings. The topological polar surface area (TPSA) is 9.72 Å². The Labute approximate surface area is 236 Å². The fraction of sp³-hybridized carbons (Fsp3) is 0.143. The van der Waals surface area contributed by atoms with Gasteiger partial charge < -0.3 is 14.7 Å². The highest BCUT2D eigenvalue weighted by Gasteiger charge is 2.47. The molecule has 40 heavy (non-hydrogen) atoms. The van der Waals surface area contributed by atoms with Gasteiger partial charge in [0.2, 0.25) is 6.71 Å². The number of benzene rings is 5. The first kappa shape index (κ1) is 22.4. The molecule has 0 bridgehead atoms. The summed E-state index contributed by atoms with van der Waals surface area (Å²) in [5.74, 6) is 0.295. The number of hydrogen-bond acceptors (Lipinski definition) is 3. The second-order valence-electron chi connectivity index (χ2n) is 11.9. The van der Waals surface area contributed by atoms with Crippen molar-refractivity contribution < 1.29 is 0 Å². The van der Waals surface area contributed by atoms with Crippen molar-refractivity contribution >= 4 is 80.3 Å². The molecule has 1 unspecified atom stereocenters. The van der Waals surface area contributed by atoms with Gasteiger partial charge in [0.05, 0.1) is 0 Å². The van der Waals surface area contributed by atoms with Gasteiger partial charge in [-0.05, 0) is 74.8 Å². The monoisotopic (exact) mass is 513 g/mol. The van der Waals surface area contributed by atoms with Crippen LogP contribution in [0.2, 0.25) is 0 Å². The van der Waals surface area contributed by atoms with Crippen LogP contribution >= 0.6 is 0 Å². The van der Waals surface area contributed by atoms with Gasteiger partial charge in [0.15, 0.2) is 0 Å². The summed E-state index contributed by atoms with van der Waals surface area (Å²) in [4.78, 5) is 7.22. The normalized spacial score (nSPS) is 17.0. The second-order valence-corrected chi connectivity index (χ2v) is 11.9. The van der Waals surface area contributed by atoms with E-state index in [2.05, 4.69) is 140 Å². The van der Waals surface area contributed by atoms with Crippen LogP contribution in [0.4, 0.5) is 34.1 Å². The Balaban J connectivity index is 1.40. The molecule has 0 fully saturated rings. The van der Waals surface area contributed by atoms with Crippen LogP contribution in [0.25, 0.3) is 0 Å². The van der Waals surface area contributed by atoms with Crippen molar-refractivity contribution in [2.24, 2.45) is 0 Å². The van der Waals surface area contributed by atoms with E-state index >= 15 is 0 Å². The average Bonchev–Trinajstić information content (AvgIpc) is 3.00. The van der Waals surface area contributed by atoms with Gasteiger partial charge in [-0.2, -0.15) is 0 Å². The van der Waals surface area contributed by atoms with Crippen molar-refractivity contribution in [2.75, 3.05) is 35.8 Å². The molecule has 0 N–H and O–H groups in total. The predicted octanol–water partition coefficient (Wildman–Crippen LogP) is 3.43. The number of hydrogen-bond donors (Lipinski definition) is 0. The molecule has 4 aliphatic rings. The molecular formula is C35H29B2N3. The Morgan fingerprint density at radius 2 is 0.950 bits per heavy atom. The van der Waals surface area contributed by atoms with Gasteiger partial charge in [0, 0.05) is 61.2 Å². The molecule has 1 atom stereocenters. The van der Waals surface area contributed by atoms with Crippen LogP contribution in [-0.4, -0.2) is 34.6 Å². The van der Waals surface area contributed by atoms with Gasteiger partial charge in [0.1, 0.15) is 0 Å². The molecule has 0 spiro atoms. The Morgan fingerprint density at radius 3 is 1.62 bits per heavy atom. The summed E-state index contributed by atoms with van der Waals surface area (Å²) in [6.07, 6.45) is 0. The van der Waals surface area contributed by atoms with E-state index in [-0.39, 0.29) is 13.4 Å². The summed E-state index contributed by atoms with van der Waals surface area (Å²) in [6.45, 7) is 2.88. The number of para-hydroxylation sites is 2. The van der Waals surface area contributed by atoms with E-state index in [4.69, 9.17) is 0 Å². The van der Waals surface area contributed by atoms with Crippen LogP contribution in [0.5, 0.6) is 0 Å². The highest BCUT2D eigenvalue weighted by Crippen LogP contribution is 2.40. The number of anilines is 6. The third-order valence-corrected chi connectivity index (χ3v) is 10.2. The van der Waals surface area contributed by atoms with Gasteiger partial charge in [0.25, 0.3) is 6.71 Å². The van der Waals surface area contributed by atoms with Gasteiger partial charge in [-0.1, -0.05) is 73.1 Å². The minimum atomic E-state index is 0.202. The van der Waals surface area contributed by atoms with Crippen molar-refractivity contribution in [1.82, 2.24) is 0 Å². The summed E-state index contributed by atoms with van der Waals surface area (Å²) in [5.41, 5.74) is 19.6.